The van der Waals surface area contributed by atoms with Crippen molar-refractivity contribution in [2.45, 2.75) is 138 Å². The molecule has 33 nitrogen and oxygen atoms in total. The van der Waals surface area contributed by atoms with E-state index in [1.807, 2.05) is 53.8 Å². The zero-order chi connectivity index (χ0) is 65.6. The Morgan fingerprint density at radius 3 is 1.25 bits per heavy atom. The first-order chi connectivity index (χ1) is 41.6. The number of ether oxygens (including phenoxy) is 1. The van der Waals surface area contributed by atoms with Crippen LogP contribution in [0.25, 0.3) is 11.1 Å². The van der Waals surface area contributed by atoms with E-state index in [4.69, 9.17) is 38.5 Å². The Morgan fingerprint density at radius 2 is 0.864 bits per heavy atom. The molecular weight excluding hydrogens is 1180 g/mol. The predicted molar refractivity (Wildman–Crippen MR) is 316 cm³/mol. The Bertz CT molecular complexity index is 2860. The molecule has 0 unspecified atom stereocenters. The maximum absolute atomic E-state index is 14.3. The van der Waals surface area contributed by atoms with Gasteiger partial charge in [0, 0.05) is 38.3 Å². The minimum atomic E-state index is -1.88. The molecule has 2 aromatic carbocycles. The molecule has 1 aliphatic rings. The molecule has 34 heteroatoms. The number of carboxylic acid groups (broad SMARTS) is 4. The molecule has 0 bridgehead atoms. The van der Waals surface area contributed by atoms with E-state index in [-0.39, 0.29) is 69.5 Å². The van der Waals surface area contributed by atoms with E-state index in [0.29, 0.717) is 0 Å². The minimum Gasteiger partial charge on any atom is -0.481 e. The number of benzene rings is 2. The summed E-state index contributed by atoms with van der Waals surface area (Å²) in [5.74, 6) is -15.4. The Hall–Kier alpha value is -9.76. The van der Waals surface area contributed by atoms with Crippen molar-refractivity contribution in [3.8, 4) is 11.1 Å². The molecular formula is C54H77N15O18S. The van der Waals surface area contributed by atoms with Crippen LogP contribution in [0.2, 0.25) is 0 Å². The number of carbonyl (C=O) groups is 13. The van der Waals surface area contributed by atoms with Crippen LogP contribution in [0.3, 0.4) is 0 Å². The van der Waals surface area contributed by atoms with Crippen molar-refractivity contribution in [2.75, 3.05) is 31.7 Å². The highest BCUT2D eigenvalue weighted by Crippen LogP contribution is 2.44. The zero-order valence-corrected chi connectivity index (χ0v) is 49.1. The number of hydrogen-bond acceptors (Lipinski definition) is 17. The number of fused-ring (bicyclic) bond motifs is 3. The summed E-state index contributed by atoms with van der Waals surface area (Å²) in [6.07, 6.45) is -4.63. The second-order valence-electron chi connectivity index (χ2n) is 20.1. The molecule has 9 amide bonds. The number of guanidine groups is 2. The Balaban J connectivity index is 1.90. The van der Waals surface area contributed by atoms with Crippen molar-refractivity contribution in [3.63, 3.8) is 0 Å². The van der Waals surface area contributed by atoms with E-state index in [9.17, 15) is 77.6 Å². The van der Waals surface area contributed by atoms with Crippen LogP contribution in [0.1, 0.15) is 101 Å². The molecule has 88 heavy (non-hydrogen) atoms. The highest BCUT2D eigenvalue weighted by Gasteiger charge is 2.36. The molecule has 0 radical (unpaired) electrons. The summed E-state index contributed by atoms with van der Waals surface area (Å²) >= 11 is 1.22. The lowest BCUT2D eigenvalue weighted by Gasteiger charge is -2.28. The summed E-state index contributed by atoms with van der Waals surface area (Å²) < 4.78 is 5.57. The van der Waals surface area contributed by atoms with Gasteiger partial charge in [-0.2, -0.15) is 11.8 Å². The number of nitrogens with one attached hydrogen (secondary N) is 8. The number of aliphatic imine (C=N–C) groups is 2. The molecule has 0 heterocycles. The Morgan fingerprint density at radius 1 is 0.489 bits per heavy atom. The SMILES string of the molecule is CSCC[C@H](NC(=O)[C@H](CCC(=O)O)NC(=O)[C@H](CCC(=O)O)NC(=O)OCC1c2ccccc2-c2ccccc21)C(=O)N[C@@H](CCC(N)=O)C(=O)N[C@@H](CCCN=C(N)N)C(=O)N[C@@H](CCCN=C(N)N)C(=O)N[C@@H](C)C(=O)N[C@@H](CC(=O)O)C(=O)O. The number of carbonyl (C=O) groups excluding carboxylic acids is 9. The maximum atomic E-state index is 14.3. The van der Waals surface area contributed by atoms with Gasteiger partial charge in [0.25, 0.3) is 0 Å². The number of primary amides is 1. The second kappa shape index (κ2) is 36.9. The zero-order valence-electron chi connectivity index (χ0n) is 48.3. The Labute approximate surface area is 508 Å². The molecule has 482 valence electrons. The van der Waals surface area contributed by atoms with Crippen LogP contribution < -0.4 is 71.2 Å². The number of thioether (sulfide) groups is 1. The fraction of sp³-hybridized carbons (Fsp3) is 0.500. The van der Waals surface area contributed by atoms with Crippen LogP contribution in [-0.4, -0.2) is 190 Å². The van der Waals surface area contributed by atoms with Crippen LogP contribution in [0.5, 0.6) is 0 Å². The van der Waals surface area contributed by atoms with Gasteiger partial charge in [0.2, 0.25) is 47.3 Å². The molecule has 0 spiro atoms. The number of aliphatic carboxylic acids is 4. The van der Waals surface area contributed by atoms with Crippen LogP contribution in [0.15, 0.2) is 58.5 Å². The summed E-state index contributed by atoms with van der Waals surface area (Å²) in [6.45, 7) is 0.792. The summed E-state index contributed by atoms with van der Waals surface area (Å²) in [6, 6.07) is 1.76. The predicted octanol–water partition coefficient (Wildman–Crippen LogP) is -3.28. The highest BCUT2D eigenvalue weighted by atomic mass is 32.2. The van der Waals surface area contributed by atoms with E-state index in [2.05, 4.69) is 47.2 Å². The van der Waals surface area contributed by atoms with Crippen molar-refractivity contribution < 1.29 is 87.5 Å². The summed E-state index contributed by atoms with van der Waals surface area (Å²) in [4.78, 5) is 177. The Kier molecular flexibility index (Phi) is 30.4. The topological polar surface area (TPSA) is 563 Å². The lowest BCUT2D eigenvalue weighted by atomic mass is 9.98. The van der Waals surface area contributed by atoms with E-state index in [1.54, 1.807) is 6.26 Å². The quantitative estimate of drug-likeness (QED) is 0.0177. The van der Waals surface area contributed by atoms with Gasteiger partial charge in [-0.3, -0.25) is 62.7 Å². The third-order valence-electron chi connectivity index (χ3n) is 13.3. The molecule has 0 aromatic heterocycles. The average molecular weight is 1260 g/mol. The number of carboxylic acids is 4. The fourth-order valence-electron chi connectivity index (χ4n) is 8.87. The minimum absolute atomic E-state index is 0.0115. The van der Waals surface area contributed by atoms with Crippen LogP contribution in [0, 0.1) is 0 Å². The van der Waals surface area contributed by atoms with Gasteiger partial charge in [0.1, 0.15) is 54.9 Å². The highest BCUT2D eigenvalue weighted by molar-refractivity contribution is 7.98. The van der Waals surface area contributed by atoms with Crippen molar-refractivity contribution in [1.82, 2.24) is 42.5 Å². The lowest BCUT2D eigenvalue weighted by molar-refractivity contribution is -0.147. The second-order valence-corrected chi connectivity index (χ2v) is 21.1. The van der Waals surface area contributed by atoms with E-state index < -0.39 is 176 Å². The van der Waals surface area contributed by atoms with Gasteiger partial charge in [-0.1, -0.05) is 48.5 Å². The number of alkyl carbamates (subject to hydrolysis) is 1. The molecule has 1 aliphatic carbocycles. The summed E-state index contributed by atoms with van der Waals surface area (Å²) in [7, 11) is 0. The lowest BCUT2D eigenvalue weighted by Crippen LogP contribution is -2.60. The van der Waals surface area contributed by atoms with Gasteiger partial charge in [-0.05, 0) is 92.6 Å². The molecule has 0 aliphatic heterocycles. The number of nitrogens with zero attached hydrogens (tertiary/aromatic N) is 2. The normalized spacial score (nSPS) is 14.0. The number of nitrogens with two attached hydrogens (primary N) is 5. The first-order valence-corrected chi connectivity index (χ1v) is 29.0. The number of rotatable bonds is 40. The van der Waals surface area contributed by atoms with Crippen LogP contribution in [0.4, 0.5) is 4.79 Å². The van der Waals surface area contributed by atoms with Crippen LogP contribution in [-0.2, 0) is 62.3 Å². The number of hydrogen-bond donors (Lipinski definition) is 17. The van der Waals surface area contributed by atoms with Gasteiger partial charge in [-0.25, -0.2) is 9.59 Å². The van der Waals surface area contributed by atoms with Crippen LogP contribution >= 0.6 is 11.8 Å². The van der Waals surface area contributed by atoms with E-state index in [0.717, 1.165) is 29.2 Å². The van der Waals surface area contributed by atoms with Crippen molar-refractivity contribution >= 4 is 101 Å². The van der Waals surface area contributed by atoms with Gasteiger partial charge >= 0.3 is 30.0 Å². The van der Waals surface area contributed by atoms with Crippen molar-refractivity contribution in [2.24, 2.45) is 38.7 Å². The summed E-state index contributed by atoms with van der Waals surface area (Å²) in [5, 5.41) is 56.6. The monoisotopic (exact) mass is 1260 g/mol. The standard InChI is InChI=1S/C54H77N15O18S/c1-27(44(77)68-39(51(84)85)25-43(75)76)62-45(78)33(13-7-22-60-52(56)57)63-46(79)34(14-8-23-61-53(58)59)64-47(80)35(15-18-40(55)70)65-50(83)38(21-24-88-2)67-48(81)36(16-19-41(71)72)66-49(82)37(17-20-42(73)74)69-54(86)87-26-32-30-11-5-3-9-28(30)29-10-4-6-12-31(29)32/h3-6,9-12,27,32-39H,7-8,13-26H2,1-2H3,(H2,55,70)(H,62,78)(H,63,79)(H,64,80)(H,65,83)(H,66,82)(H,67,81)(H,68,77)(H,69,86)(H,71,72)(H,73,74)(H,75,76)(H,84,85)(H4,56,57,60)(H4,58,59,61)/t27-,33-,34-,35-,36-,37-,38-,39-/m0/s1. The first kappa shape index (κ1) is 72.5. The largest absolute Gasteiger partial charge is 0.481 e. The smallest absolute Gasteiger partial charge is 0.407 e. The van der Waals surface area contributed by atoms with Gasteiger partial charge in [0.15, 0.2) is 11.9 Å². The maximum Gasteiger partial charge on any atom is 0.407 e. The third-order valence-corrected chi connectivity index (χ3v) is 14.0. The number of amides is 9. The molecule has 22 N–H and O–H groups in total. The van der Waals surface area contributed by atoms with E-state index in [1.165, 1.54) is 11.8 Å². The molecule has 0 fully saturated rings. The molecule has 8 atom stereocenters. The molecule has 2 aromatic rings. The fourth-order valence-corrected chi connectivity index (χ4v) is 9.34. The van der Waals surface area contributed by atoms with Gasteiger partial charge < -0.3 is 96.4 Å². The average Bonchev–Trinajstić information content (AvgIpc) is 2.20. The molecule has 0 saturated carbocycles. The van der Waals surface area contributed by atoms with Crippen molar-refractivity contribution in [3.05, 3.63) is 59.7 Å². The van der Waals surface area contributed by atoms with E-state index >= 15 is 0 Å². The molecule has 3 rings (SSSR count). The molecule has 0 saturated heterocycles. The van der Waals surface area contributed by atoms with Crippen molar-refractivity contribution in [1.29, 1.82) is 0 Å². The summed E-state index contributed by atoms with van der Waals surface area (Å²) in [5.41, 5.74) is 30.9. The van der Waals surface area contributed by atoms with Gasteiger partial charge in [0.05, 0.1) is 6.42 Å². The first-order valence-electron chi connectivity index (χ1n) is 27.6. The third kappa shape index (κ3) is 25.4. The van der Waals surface area contributed by atoms with Gasteiger partial charge in [-0.15, -0.1) is 0 Å².